The predicted molar refractivity (Wildman–Crippen MR) is 55.0 cm³/mol. The van der Waals surface area contributed by atoms with E-state index in [1.165, 1.54) is 12.1 Å². The zero-order valence-corrected chi connectivity index (χ0v) is 8.53. The quantitative estimate of drug-likeness (QED) is 0.780. The number of aliphatic carboxylic acids is 1. The van der Waals surface area contributed by atoms with Crippen LogP contribution in [-0.4, -0.2) is 17.1 Å². The molecule has 0 aliphatic heterocycles. The second kappa shape index (κ2) is 5.46. The Morgan fingerprint density at radius 3 is 2.60 bits per heavy atom. The zero-order valence-electron chi connectivity index (χ0n) is 8.53. The minimum Gasteiger partial charge on any atom is -0.481 e. The molecule has 1 atom stereocenters. The van der Waals surface area contributed by atoms with Crippen LogP contribution in [0, 0.1) is 5.82 Å². The maximum Gasteiger partial charge on any atom is 0.304 e. The van der Waals surface area contributed by atoms with Gasteiger partial charge < -0.3 is 10.4 Å². The fourth-order valence-electron chi connectivity index (χ4n) is 1.23. The van der Waals surface area contributed by atoms with Crippen molar-refractivity contribution < 1.29 is 14.3 Å². The summed E-state index contributed by atoms with van der Waals surface area (Å²) in [6, 6.07) is 6.04. The molecule has 0 aliphatic rings. The third-order valence-electron chi connectivity index (χ3n) is 2.05. The Morgan fingerprint density at radius 1 is 1.47 bits per heavy atom. The summed E-state index contributed by atoms with van der Waals surface area (Å²) in [6.07, 6.45) is 0.0845. The van der Waals surface area contributed by atoms with Gasteiger partial charge in [0.15, 0.2) is 0 Å². The normalized spacial score (nSPS) is 12.4. The van der Waals surface area contributed by atoms with Gasteiger partial charge in [-0.25, -0.2) is 4.39 Å². The van der Waals surface area contributed by atoms with E-state index in [1.807, 2.05) is 0 Å². The number of hydrogen-bond donors (Lipinski definition) is 2. The molecule has 1 rings (SSSR count). The molecule has 4 heteroatoms. The lowest BCUT2D eigenvalue weighted by atomic mass is 10.2. The molecule has 0 heterocycles. The van der Waals surface area contributed by atoms with E-state index in [4.69, 9.17) is 5.11 Å². The number of hydrogen-bond acceptors (Lipinski definition) is 2. The summed E-state index contributed by atoms with van der Waals surface area (Å²) in [5.41, 5.74) is 0.939. The molecule has 3 nitrogen and oxygen atoms in total. The summed E-state index contributed by atoms with van der Waals surface area (Å²) >= 11 is 0. The number of carboxylic acids is 1. The van der Waals surface area contributed by atoms with E-state index in [1.54, 1.807) is 19.1 Å². The summed E-state index contributed by atoms with van der Waals surface area (Å²) in [7, 11) is 0. The molecule has 0 spiro atoms. The minimum atomic E-state index is -0.825. The van der Waals surface area contributed by atoms with Gasteiger partial charge in [-0.3, -0.25) is 4.79 Å². The second-order valence-corrected chi connectivity index (χ2v) is 3.51. The van der Waals surface area contributed by atoms with Crippen LogP contribution in [0.2, 0.25) is 0 Å². The average molecular weight is 211 g/mol. The Balaban J connectivity index is 2.36. The maximum atomic E-state index is 12.6. The highest BCUT2D eigenvalue weighted by atomic mass is 19.1. The summed E-state index contributed by atoms with van der Waals surface area (Å²) in [4.78, 5) is 10.4. The van der Waals surface area contributed by atoms with Crippen LogP contribution >= 0.6 is 0 Å². The van der Waals surface area contributed by atoms with Crippen LogP contribution in [0.5, 0.6) is 0 Å². The molecule has 0 saturated carbocycles. The maximum absolute atomic E-state index is 12.6. The number of carboxylic acid groups (broad SMARTS) is 1. The highest BCUT2D eigenvalue weighted by Gasteiger charge is 2.06. The molecular weight excluding hydrogens is 197 g/mol. The van der Waals surface area contributed by atoms with Crippen LogP contribution < -0.4 is 5.32 Å². The predicted octanol–water partition coefficient (Wildman–Crippen LogP) is 1.78. The van der Waals surface area contributed by atoms with Crippen LogP contribution in [0.25, 0.3) is 0 Å². The highest BCUT2D eigenvalue weighted by Crippen LogP contribution is 2.03. The summed E-state index contributed by atoms with van der Waals surface area (Å²) < 4.78 is 12.6. The van der Waals surface area contributed by atoms with Crippen molar-refractivity contribution in [1.29, 1.82) is 0 Å². The van der Waals surface area contributed by atoms with E-state index in [0.29, 0.717) is 6.54 Å². The van der Waals surface area contributed by atoms with Crippen LogP contribution in [-0.2, 0) is 11.3 Å². The molecule has 0 amide bonds. The second-order valence-electron chi connectivity index (χ2n) is 3.51. The van der Waals surface area contributed by atoms with Gasteiger partial charge in [0, 0.05) is 12.6 Å². The SMILES string of the molecule is C[C@@H](CC(=O)O)NCc1ccc(F)cc1. The smallest absolute Gasteiger partial charge is 0.304 e. The van der Waals surface area contributed by atoms with Gasteiger partial charge in [0.05, 0.1) is 6.42 Å². The Bertz CT molecular complexity index is 324. The first-order chi connectivity index (χ1) is 7.08. The van der Waals surface area contributed by atoms with Crippen molar-refractivity contribution in [2.24, 2.45) is 0 Å². The molecule has 1 aromatic rings. The average Bonchev–Trinajstić information content (AvgIpc) is 2.16. The van der Waals surface area contributed by atoms with Crippen LogP contribution in [0.1, 0.15) is 18.9 Å². The van der Waals surface area contributed by atoms with E-state index < -0.39 is 5.97 Å². The lowest BCUT2D eigenvalue weighted by Crippen LogP contribution is -2.27. The molecule has 0 bridgehead atoms. The fraction of sp³-hybridized carbons (Fsp3) is 0.364. The van der Waals surface area contributed by atoms with Gasteiger partial charge in [-0.1, -0.05) is 12.1 Å². The van der Waals surface area contributed by atoms with Crippen molar-refractivity contribution in [1.82, 2.24) is 5.32 Å². The van der Waals surface area contributed by atoms with E-state index in [0.717, 1.165) is 5.56 Å². The Hall–Kier alpha value is -1.42. The largest absolute Gasteiger partial charge is 0.481 e. The first kappa shape index (κ1) is 11.7. The van der Waals surface area contributed by atoms with Gasteiger partial charge in [-0.15, -0.1) is 0 Å². The summed E-state index contributed by atoms with van der Waals surface area (Å²) in [5, 5.41) is 11.6. The number of rotatable bonds is 5. The van der Waals surface area contributed by atoms with Gasteiger partial charge in [0.1, 0.15) is 5.82 Å². The molecule has 0 aliphatic carbocycles. The number of halogens is 1. The van der Waals surface area contributed by atoms with Crippen LogP contribution in [0.3, 0.4) is 0 Å². The van der Waals surface area contributed by atoms with Gasteiger partial charge in [-0.2, -0.15) is 0 Å². The van der Waals surface area contributed by atoms with E-state index in [-0.39, 0.29) is 18.3 Å². The van der Waals surface area contributed by atoms with Gasteiger partial charge in [0.2, 0.25) is 0 Å². The Morgan fingerprint density at radius 2 is 2.07 bits per heavy atom. The number of nitrogens with one attached hydrogen (secondary N) is 1. The monoisotopic (exact) mass is 211 g/mol. The zero-order chi connectivity index (χ0) is 11.3. The molecule has 0 aromatic heterocycles. The van der Waals surface area contributed by atoms with Crippen LogP contribution in [0.15, 0.2) is 24.3 Å². The fourth-order valence-corrected chi connectivity index (χ4v) is 1.23. The molecular formula is C11H14FNO2. The topological polar surface area (TPSA) is 49.3 Å². The molecule has 1 aromatic carbocycles. The first-order valence-electron chi connectivity index (χ1n) is 4.77. The molecule has 0 unspecified atom stereocenters. The third kappa shape index (κ3) is 4.56. The van der Waals surface area contributed by atoms with Gasteiger partial charge in [-0.05, 0) is 24.6 Å². The first-order valence-corrected chi connectivity index (χ1v) is 4.77. The van der Waals surface area contributed by atoms with E-state index in [2.05, 4.69) is 5.32 Å². The Kier molecular flexibility index (Phi) is 4.24. The highest BCUT2D eigenvalue weighted by molar-refractivity contribution is 5.67. The summed E-state index contributed by atoms with van der Waals surface area (Å²) in [5.74, 6) is -1.09. The molecule has 2 N–H and O–H groups in total. The van der Waals surface area contributed by atoms with Gasteiger partial charge in [0.25, 0.3) is 0 Å². The van der Waals surface area contributed by atoms with Crippen LogP contribution in [0.4, 0.5) is 4.39 Å². The Labute approximate surface area is 87.9 Å². The third-order valence-corrected chi connectivity index (χ3v) is 2.05. The number of carbonyl (C=O) groups is 1. The number of benzene rings is 1. The van der Waals surface area contributed by atoms with Crippen molar-refractivity contribution in [3.8, 4) is 0 Å². The standard InChI is InChI=1S/C11H14FNO2/c1-8(6-11(14)15)13-7-9-2-4-10(12)5-3-9/h2-5,8,13H,6-7H2,1H3,(H,14,15)/t8-/m0/s1. The van der Waals surface area contributed by atoms with Gasteiger partial charge >= 0.3 is 5.97 Å². The molecule has 15 heavy (non-hydrogen) atoms. The molecule has 0 fully saturated rings. The van der Waals surface area contributed by atoms with Crippen molar-refractivity contribution in [3.63, 3.8) is 0 Å². The van der Waals surface area contributed by atoms with Crippen molar-refractivity contribution in [2.75, 3.05) is 0 Å². The minimum absolute atomic E-state index is 0.0845. The van der Waals surface area contributed by atoms with Crippen molar-refractivity contribution in [3.05, 3.63) is 35.6 Å². The van der Waals surface area contributed by atoms with Crippen molar-refractivity contribution >= 4 is 5.97 Å². The summed E-state index contributed by atoms with van der Waals surface area (Å²) in [6.45, 7) is 2.35. The lowest BCUT2D eigenvalue weighted by molar-refractivity contribution is -0.137. The van der Waals surface area contributed by atoms with Crippen molar-refractivity contribution in [2.45, 2.75) is 25.9 Å². The van der Waals surface area contributed by atoms with E-state index in [9.17, 15) is 9.18 Å². The molecule has 0 radical (unpaired) electrons. The molecule has 0 saturated heterocycles. The van der Waals surface area contributed by atoms with E-state index >= 15 is 0 Å². The molecule has 82 valence electrons. The lowest BCUT2D eigenvalue weighted by Gasteiger charge is -2.11.